The van der Waals surface area contributed by atoms with E-state index in [0.717, 1.165) is 0 Å². The Kier molecular flexibility index (Phi) is 2.25. The van der Waals surface area contributed by atoms with Crippen molar-refractivity contribution >= 4 is 14.7 Å². The predicted molar refractivity (Wildman–Crippen MR) is 33.0 cm³/mol. The molecule has 0 saturated carbocycles. The van der Waals surface area contributed by atoms with Gasteiger partial charge in [-0.25, -0.2) is 0 Å². The maximum atomic E-state index is 3.88. The Bertz CT molecular complexity index is 136. The first kappa shape index (κ1) is 5.99. The van der Waals surface area contributed by atoms with E-state index in [9.17, 15) is 0 Å². The summed E-state index contributed by atoms with van der Waals surface area (Å²) in [7, 11) is 0. The van der Waals surface area contributed by atoms with E-state index in [4.69, 9.17) is 0 Å². The second-order valence-corrected chi connectivity index (χ2v) is 3.46. The fraction of sp³-hybridized carbons (Fsp3) is 0.600. The third-order valence-corrected chi connectivity index (χ3v) is 2.41. The van der Waals surface area contributed by atoms with Crippen molar-refractivity contribution in [1.82, 2.24) is 9.19 Å². The predicted octanol–water partition coefficient (Wildman–Crippen LogP) is 0.486. The van der Waals surface area contributed by atoms with Gasteiger partial charge >= 0.3 is 54.3 Å². The van der Waals surface area contributed by atoms with Crippen molar-refractivity contribution < 1.29 is 0 Å². The summed E-state index contributed by atoms with van der Waals surface area (Å²) in [6, 6.07) is 0. The van der Waals surface area contributed by atoms with Crippen molar-refractivity contribution in [2.24, 2.45) is 0 Å². The summed E-state index contributed by atoms with van der Waals surface area (Å²) in [5.74, 6) is 0. The second-order valence-electron chi connectivity index (χ2n) is 1.63. The van der Waals surface area contributed by atoms with E-state index < -0.39 is 0 Å². The molecule has 44 valence electrons. The van der Waals surface area contributed by atoms with Gasteiger partial charge in [0.1, 0.15) is 0 Å². The first-order valence-corrected chi connectivity index (χ1v) is 4.32. The van der Waals surface area contributed by atoms with Crippen molar-refractivity contribution in [2.45, 2.75) is 19.8 Å². The molecule has 0 unspecified atom stereocenters. The molecule has 0 bridgehead atoms. The van der Waals surface area contributed by atoms with Crippen LogP contribution in [0.1, 0.15) is 17.8 Å². The van der Waals surface area contributed by atoms with E-state index in [1.165, 1.54) is 17.3 Å². The Morgan fingerprint density at radius 2 is 2.62 bits per heavy atom. The van der Waals surface area contributed by atoms with E-state index in [1.807, 2.05) is 6.20 Å². The molecule has 0 fully saturated rings. The molecule has 0 amide bonds. The van der Waals surface area contributed by atoms with Crippen LogP contribution in [-0.2, 0) is 6.42 Å². The molecular weight excluding hydrogens is 167 g/mol. The first-order valence-electron chi connectivity index (χ1n) is 2.69. The van der Waals surface area contributed by atoms with Gasteiger partial charge in [-0.15, -0.1) is 0 Å². The number of hydrogen-bond acceptors (Lipinski definition) is 2. The fourth-order valence-corrected chi connectivity index (χ4v) is 1.78. The van der Waals surface area contributed by atoms with E-state index in [-0.39, 0.29) is 0 Å². The Balaban J connectivity index is 2.50. The average molecular weight is 175 g/mol. The summed E-state index contributed by atoms with van der Waals surface area (Å²) in [5.41, 5.74) is 0. The molecule has 0 aliphatic rings. The molecule has 2 nitrogen and oxygen atoms in total. The Hall–Kier alpha value is -0.141. The number of rotatable bonds is 2. The van der Waals surface area contributed by atoms with Crippen molar-refractivity contribution in [3.63, 3.8) is 0 Å². The normalized spacial score (nSPS) is 9.62. The van der Waals surface area contributed by atoms with Crippen molar-refractivity contribution in [3.8, 4) is 0 Å². The summed E-state index contributed by atoms with van der Waals surface area (Å²) >= 11 is 0.357. The standard InChI is InChI=1S/C5H8N2Se/c1-2-3-5-4-6-7-8-5/h4H,2-3H2,1H3. The molecule has 0 aromatic carbocycles. The van der Waals surface area contributed by atoms with E-state index in [1.54, 1.807) is 0 Å². The number of hydrogen-bond donors (Lipinski definition) is 0. The average Bonchev–Trinajstić information content (AvgIpc) is 2.19. The zero-order chi connectivity index (χ0) is 5.82. The molecule has 3 heteroatoms. The number of aromatic nitrogens is 2. The van der Waals surface area contributed by atoms with E-state index in [2.05, 4.69) is 16.1 Å². The van der Waals surface area contributed by atoms with Gasteiger partial charge in [0.25, 0.3) is 0 Å². The maximum absolute atomic E-state index is 3.88. The molecule has 0 spiro atoms. The van der Waals surface area contributed by atoms with Crippen LogP contribution in [0.5, 0.6) is 0 Å². The zero-order valence-corrected chi connectivity index (χ0v) is 6.51. The van der Waals surface area contributed by atoms with E-state index in [0.29, 0.717) is 14.7 Å². The molecule has 0 N–H and O–H groups in total. The van der Waals surface area contributed by atoms with Crippen LogP contribution in [0, 0.1) is 0 Å². The molecular formula is C5H8N2Se. The molecule has 0 radical (unpaired) electrons. The Morgan fingerprint density at radius 1 is 1.75 bits per heavy atom. The summed E-state index contributed by atoms with van der Waals surface area (Å²) in [5, 5.41) is 3.77. The van der Waals surface area contributed by atoms with Crippen LogP contribution < -0.4 is 0 Å². The van der Waals surface area contributed by atoms with Crippen LogP contribution >= 0.6 is 0 Å². The van der Waals surface area contributed by atoms with Crippen molar-refractivity contribution in [1.29, 1.82) is 0 Å². The molecule has 0 saturated heterocycles. The summed E-state index contributed by atoms with van der Waals surface area (Å²) in [6.45, 7) is 2.18. The van der Waals surface area contributed by atoms with Crippen LogP contribution in [0.3, 0.4) is 0 Å². The quantitative estimate of drug-likeness (QED) is 0.611. The molecule has 8 heavy (non-hydrogen) atoms. The summed E-state index contributed by atoms with van der Waals surface area (Å²) in [6.07, 6.45) is 4.30. The first-order chi connectivity index (χ1) is 3.93. The topological polar surface area (TPSA) is 25.8 Å². The van der Waals surface area contributed by atoms with Crippen molar-refractivity contribution in [3.05, 3.63) is 10.6 Å². The van der Waals surface area contributed by atoms with Crippen molar-refractivity contribution in [2.75, 3.05) is 0 Å². The van der Waals surface area contributed by atoms with Gasteiger partial charge in [0.15, 0.2) is 0 Å². The van der Waals surface area contributed by atoms with Gasteiger partial charge in [-0.05, 0) is 0 Å². The van der Waals surface area contributed by atoms with Gasteiger partial charge < -0.3 is 0 Å². The minimum absolute atomic E-state index is 0.357. The Morgan fingerprint density at radius 3 is 3.12 bits per heavy atom. The van der Waals surface area contributed by atoms with E-state index >= 15 is 0 Å². The fourth-order valence-electron chi connectivity index (χ4n) is 0.544. The third-order valence-electron chi connectivity index (χ3n) is 0.903. The second kappa shape index (κ2) is 3.00. The monoisotopic (exact) mass is 176 g/mol. The summed E-state index contributed by atoms with van der Waals surface area (Å²) < 4.78 is 5.31. The van der Waals surface area contributed by atoms with Crippen LogP contribution in [0.25, 0.3) is 0 Å². The number of aryl methyl sites for hydroxylation is 1. The van der Waals surface area contributed by atoms with Gasteiger partial charge in [0, 0.05) is 0 Å². The molecule has 0 atom stereocenters. The van der Waals surface area contributed by atoms with Crippen LogP contribution in [0.15, 0.2) is 6.20 Å². The van der Waals surface area contributed by atoms with Gasteiger partial charge in [0.05, 0.1) is 0 Å². The summed E-state index contributed by atoms with van der Waals surface area (Å²) in [4.78, 5) is 0. The van der Waals surface area contributed by atoms with Crippen LogP contribution in [-0.4, -0.2) is 23.9 Å². The van der Waals surface area contributed by atoms with Crippen LogP contribution in [0.2, 0.25) is 0 Å². The van der Waals surface area contributed by atoms with Gasteiger partial charge in [-0.1, -0.05) is 0 Å². The third kappa shape index (κ3) is 1.42. The Labute approximate surface area is 54.9 Å². The van der Waals surface area contributed by atoms with Gasteiger partial charge in [-0.2, -0.15) is 0 Å². The zero-order valence-electron chi connectivity index (χ0n) is 4.79. The SMILES string of the molecule is CCCc1cnn[se]1. The molecule has 1 aromatic heterocycles. The number of nitrogens with zero attached hydrogens (tertiary/aromatic N) is 2. The molecule has 0 aliphatic carbocycles. The molecule has 1 heterocycles. The van der Waals surface area contributed by atoms with Gasteiger partial charge in [0.2, 0.25) is 0 Å². The van der Waals surface area contributed by atoms with Gasteiger partial charge in [-0.3, -0.25) is 0 Å². The molecule has 1 aromatic rings. The minimum atomic E-state index is 0.357. The van der Waals surface area contributed by atoms with Crippen LogP contribution in [0.4, 0.5) is 0 Å². The molecule has 0 aliphatic heterocycles. The molecule has 1 rings (SSSR count).